The monoisotopic (exact) mass is 203 g/mol. The van der Waals surface area contributed by atoms with Gasteiger partial charge in [0.1, 0.15) is 5.75 Å². The van der Waals surface area contributed by atoms with Gasteiger partial charge in [-0.15, -0.1) is 0 Å². The molecule has 1 heterocycles. The van der Waals surface area contributed by atoms with Crippen LogP contribution in [0.1, 0.15) is 5.69 Å². The van der Waals surface area contributed by atoms with Gasteiger partial charge in [-0.1, -0.05) is 0 Å². The zero-order chi connectivity index (χ0) is 10.7. The van der Waals surface area contributed by atoms with E-state index in [4.69, 9.17) is 5.11 Å². The van der Waals surface area contributed by atoms with E-state index in [-0.39, 0.29) is 5.75 Å². The van der Waals surface area contributed by atoms with E-state index in [1.807, 2.05) is 31.4 Å². The van der Waals surface area contributed by atoms with Gasteiger partial charge in [0.25, 0.3) is 0 Å². The average Bonchev–Trinajstić information content (AvgIpc) is 2.68. The molecule has 2 aromatic rings. The average molecular weight is 203 g/mol. The zero-order valence-electron chi connectivity index (χ0n) is 8.51. The van der Waals surface area contributed by atoms with Gasteiger partial charge in [-0.3, -0.25) is 0 Å². The van der Waals surface area contributed by atoms with Crippen LogP contribution in [0.5, 0.6) is 5.75 Å². The normalized spacial score (nSPS) is 10.5. The van der Waals surface area contributed by atoms with Crippen LogP contribution in [-0.2, 0) is 6.54 Å². The van der Waals surface area contributed by atoms with Gasteiger partial charge in [0.2, 0.25) is 0 Å². The Morgan fingerprint density at radius 1 is 1.27 bits per heavy atom. The van der Waals surface area contributed by atoms with Crippen LogP contribution >= 0.6 is 0 Å². The molecule has 1 aromatic heterocycles. The van der Waals surface area contributed by atoms with Crippen LogP contribution in [0.15, 0.2) is 36.5 Å². The molecule has 1 aromatic carbocycles. The molecule has 0 atom stereocenters. The van der Waals surface area contributed by atoms with Gasteiger partial charge in [-0.05, 0) is 37.4 Å². The fourth-order valence-corrected chi connectivity index (χ4v) is 1.39. The lowest BCUT2D eigenvalue weighted by molar-refractivity contribution is 0.475. The van der Waals surface area contributed by atoms with E-state index in [0.29, 0.717) is 0 Å². The van der Waals surface area contributed by atoms with E-state index in [2.05, 4.69) is 10.4 Å². The molecule has 78 valence electrons. The minimum Gasteiger partial charge on any atom is -0.508 e. The molecular weight excluding hydrogens is 190 g/mol. The minimum absolute atomic E-state index is 0.265. The molecule has 0 saturated heterocycles. The lowest BCUT2D eigenvalue weighted by Gasteiger charge is -2.00. The van der Waals surface area contributed by atoms with Gasteiger partial charge in [-0.25, -0.2) is 4.68 Å². The number of nitrogens with zero attached hydrogens (tertiary/aromatic N) is 2. The Morgan fingerprint density at radius 3 is 2.67 bits per heavy atom. The highest BCUT2D eigenvalue weighted by molar-refractivity contribution is 5.36. The van der Waals surface area contributed by atoms with Crippen molar-refractivity contribution in [3.63, 3.8) is 0 Å². The van der Waals surface area contributed by atoms with E-state index in [9.17, 15) is 0 Å². The number of hydrogen-bond donors (Lipinski definition) is 2. The smallest absolute Gasteiger partial charge is 0.115 e. The molecule has 2 N–H and O–H groups in total. The van der Waals surface area contributed by atoms with Crippen molar-refractivity contribution < 1.29 is 5.11 Å². The molecule has 15 heavy (non-hydrogen) atoms. The Labute approximate surface area is 88.2 Å². The molecule has 0 bridgehead atoms. The Morgan fingerprint density at radius 2 is 2.00 bits per heavy atom. The Bertz CT molecular complexity index is 433. The largest absolute Gasteiger partial charge is 0.508 e. The van der Waals surface area contributed by atoms with E-state index < -0.39 is 0 Å². The van der Waals surface area contributed by atoms with Crippen molar-refractivity contribution in [3.05, 3.63) is 42.2 Å². The third-order valence-electron chi connectivity index (χ3n) is 2.12. The second-order valence-corrected chi connectivity index (χ2v) is 3.30. The summed E-state index contributed by atoms with van der Waals surface area (Å²) >= 11 is 0. The van der Waals surface area contributed by atoms with Crippen molar-refractivity contribution in [1.82, 2.24) is 15.1 Å². The third-order valence-corrected chi connectivity index (χ3v) is 2.12. The summed E-state index contributed by atoms with van der Waals surface area (Å²) < 4.78 is 1.78. The SMILES string of the molecule is CNCc1ccn(-c2ccc(O)cc2)n1. The number of aromatic hydroxyl groups is 1. The molecule has 2 rings (SSSR count). The Hall–Kier alpha value is -1.81. The van der Waals surface area contributed by atoms with Crippen molar-refractivity contribution in [2.75, 3.05) is 7.05 Å². The highest BCUT2D eigenvalue weighted by Gasteiger charge is 1.99. The van der Waals surface area contributed by atoms with Crippen molar-refractivity contribution in [3.8, 4) is 11.4 Å². The Balaban J connectivity index is 2.25. The molecule has 4 nitrogen and oxygen atoms in total. The lowest BCUT2D eigenvalue weighted by atomic mass is 10.3. The summed E-state index contributed by atoms with van der Waals surface area (Å²) in [5.41, 5.74) is 1.93. The van der Waals surface area contributed by atoms with Gasteiger partial charge in [0.15, 0.2) is 0 Å². The maximum Gasteiger partial charge on any atom is 0.115 e. The first-order chi connectivity index (χ1) is 7.29. The number of phenols is 1. The molecular formula is C11H13N3O. The van der Waals surface area contributed by atoms with Crippen molar-refractivity contribution in [2.24, 2.45) is 0 Å². The first kappa shape index (κ1) is 9.73. The fourth-order valence-electron chi connectivity index (χ4n) is 1.39. The number of aromatic nitrogens is 2. The molecule has 0 saturated carbocycles. The van der Waals surface area contributed by atoms with Gasteiger partial charge < -0.3 is 10.4 Å². The zero-order valence-corrected chi connectivity index (χ0v) is 8.51. The van der Waals surface area contributed by atoms with E-state index in [1.54, 1.807) is 16.8 Å². The molecule has 4 heteroatoms. The molecule has 0 spiro atoms. The minimum atomic E-state index is 0.265. The van der Waals surface area contributed by atoms with Crippen LogP contribution in [0.3, 0.4) is 0 Å². The second-order valence-electron chi connectivity index (χ2n) is 3.30. The van der Waals surface area contributed by atoms with Crippen LogP contribution in [0.4, 0.5) is 0 Å². The summed E-state index contributed by atoms with van der Waals surface area (Å²) in [6, 6.07) is 8.91. The Kier molecular flexibility index (Phi) is 2.69. The quantitative estimate of drug-likeness (QED) is 0.790. The van der Waals surface area contributed by atoms with Crippen LogP contribution in [0.2, 0.25) is 0 Å². The molecule has 0 aliphatic heterocycles. The van der Waals surface area contributed by atoms with E-state index in [1.165, 1.54) is 0 Å². The fraction of sp³-hybridized carbons (Fsp3) is 0.182. The molecule has 0 amide bonds. The standard InChI is InChI=1S/C11H13N3O/c1-12-8-9-6-7-14(13-9)10-2-4-11(15)5-3-10/h2-7,12,15H,8H2,1H3. The first-order valence-electron chi connectivity index (χ1n) is 4.78. The predicted octanol–water partition coefficient (Wildman–Crippen LogP) is 1.30. The predicted molar refractivity (Wildman–Crippen MR) is 58.0 cm³/mol. The maximum atomic E-state index is 9.15. The number of nitrogens with one attached hydrogen (secondary N) is 1. The van der Waals surface area contributed by atoms with Crippen molar-refractivity contribution >= 4 is 0 Å². The van der Waals surface area contributed by atoms with Gasteiger partial charge in [0, 0.05) is 12.7 Å². The van der Waals surface area contributed by atoms with Gasteiger partial charge in [0.05, 0.1) is 11.4 Å². The topological polar surface area (TPSA) is 50.1 Å². The van der Waals surface area contributed by atoms with Crippen LogP contribution in [0.25, 0.3) is 5.69 Å². The van der Waals surface area contributed by atoms with Gasteiger partial charge in [-0.2, -0.15) is 5.10 Å². The highest BCUT2D eigenvalue weighted by atomic mass is 16.3. The van der Waals surface area contributed by atoms with Gasteiger partial charge >= 0.3 is 0 Å². The van der Waals surface area contributed by atoms with Crippen molar-refractivity contribution in [1.29, 1.82) is 0 Å². The summed E-state index contributed by atoms with van der Waals surface area (Å²) in [5.74, 6) is 0.265. The second kappa shape index (κ2) is 4.14. The molecule has 0 unspecified atom stereocenters. The van der Waals surface area contributed by atoms with Crippen LogP contribution in [0, 0.1) is 0 Å². The lowest BCUT2D eigenvalue weighted by Crippen LogP contribution is -2.06. The van der Waals surface area contributed by atoms with Crippen LogP contribution in [-0.4, -0.2) is 21.9 Å². The molecule has 0 aliphatic carbocycles. The third kappa shape index (κ3) is 2.16. The van der Waals surface area contributed by atoms with E-state index in [0.717, 1.165) is 17.9 Å². The maximum absolute atomic E-state index is 9.15. The summed E-state index contributed by atoms with van der Waals surface area (Å²) in [4.78, 5) is 0. The van der Waals surface area contributed by atoms with Crippen molar-refractivity contribution in [2.45, 2.75) is 6.54 Å². The summed E-state index contributed by atoms with van der Waals surface area (Å²) in [6.07, 6.45) is 1.90. The molecule has 0 fully saturated rings. The number of phenolic OH excluding ortho intramolecular Hbond substituents is 1. The first-order valence-corrected chi connectivity index (χ1v) is 4.78. The van der Waals surface area contributed by atoms with Crippen LogP contribution < -0.4 is 5.32 Å². The summed E-state index contributed by atoms with van der Waals surface area (Å²) in [6.45, 7) is 0.755. The summed E-state index contributed by atoms with van der Waals surface area (Å²) in [5, 5.41) is 16.6. The van der Waals surface area contributed by atoms with E-state index >= 15 is 0 Å². The molecule has 0 aliphatic rings. The number of benzene rings is 1. The molecule has 0 radical (unpaired) electrons. The summed E-state index contributed by atoms with van der Waals surface area (Å²) in [7, 11) is 1.89. The highest BCUT2D eigenvalue weighted by Crippen LogP contribution is 2.13. The number of rotatable bonds is 3. The number of hydrogen-bond acceptors (Lipinski definition) is 3.